The van der Waals surface area contributed by atoms with Gasteiger partial charge in [-0.3, -0.25) is 14.4 Å². The molecule has 0 aliphatic carbocycles. The average molecular weight is 461 g/mol. The Morgan fingerprint density at radius 2 is 1.94 bits per heavy atom. The third-order valence-corrected chi connectivity index (χ3v) is 6.62. The van der Waals surface area contributed by atoms with Crippen molar-refractivity contribution in [2.24, 2.45) is 5.92 Å². The maximum Gasteiger partial charge on any atom is 0.258 e. The number of nitrogens with zero attached hydrogens (tertiary/aromatic N) is 2. The van der Waals surface area contributed by atoms with Crippen LogP contribution in [0.25, 0.3) is 10.9 Å². The monoisotopic (exact) mass is 460 g/mol. The Balaban J connectivity index is 1.30. The summed E-state index contributed by atoms with van der Waals surface area (Å²) in [6, 6.07) is 14.9. The minimum Gasteiger partial charge on any atom is -0.376 e. The lowest BCUT2D eigenvalue weighted by molar-refractivity contribution is -0.134. The van der Waals surface area contributed by atoms with Crippen LogP contribution in [0.15, 0.2) is 53.3 Å². The van der Waals surface area contributed by atoms with Gasteiger partial charge in [-0.15, -0.1) is 0 Å². The summed E-state index contributed by atoms with van der Waals surface area (Å²) in [5, 5.41) is 3.47. The number of rotatable bonds is 7. The van der Waals surface area contributed by atoms with Gasteiger partial charge in [0.15, 0.2) is 0 Å². The van der Waals surface area contributed by atoms with Gasteiger partial charge in [0, 0.05) is 31.2 Å². The molecule has 176 valence electrons. The fraction of sp³-hybridized carbons (Fsp3) is 0.385. The summed E-state index contributed by atoms with van der Waals surface area (Å²) < 4.78 is 5.77. The number of H-pyrrole nitrogens is 1. The maximum atomic E-state index is 13.3. The minimum absolute atomic E-state index is 0.0269. The molecular formula is C26H28N4O4. The van der Waals surface area contributed by atoms with Gasteiger partial charge in [-0.1, -0.05) is 30.3 Å². The Morgan fingerprint density at radius 1 is 1.12 bits per heavy atom. The normalized spacial score (nSPS) is 19.6. The number of carbonyl (C=O) groups is 2. The van der Waals surface area contributed by atoms with Crippen molar-refractivity contribution in [3.63, 3.8) is 0 Å². The van der Waals surface area contributed by atoms with Crippen LogP contribution in [0.1, 0.15) is 37.1 Å². The predicted octanol–water partition coefficient (Wildman–Crippen LogP) is 3.02. The van der Waals surface area contributed by atoms with E-state index < -0.39 is 0 Å². The van der Waals surface area contributed by atoms with Gasteiger partial charge in [-0.05, 0) is 49.4 Å². The van der Waals surface area contributed by atoms with Gasteiger partial charge >= 0.3 is 0 Å². The molecule has 5 rings (SSSR count). The quantitative estimate of drug-likeness (QED) is 0.564. The van der Waals surface area contributed by atoms with E-state index >= 15 is 0 Å². The average Bonchev–Trinajstić information content (AvgIpc) is 3.35. The summed E-state index contributed by atoms with van der Waals surface area (Å²) in [7, 11) is 0. The standard InChI is InChI=1S/C26H28N4O4/c31-24(12-11-18-14-17-6-1-3-9-21(17)28-25(18)32)30(15-19-7-5-13-34-19)16-23-27-22-10-4-2-8-20(22)26(33)29-23/h1-4,6,8-10,18-19H,5,7,11-16H2,(H,28,32)(H,27,29,33)/t18-,19+/m1/s1. The van der Waals surface area contributed by atoms with E-state index in [0.29, 0.717) is 42.7 Å². The number of hydrogen-bond donors (Lipinski definition) is 2. The molecule has 2 aliphatic rings. The smallest absolute Gasteiger partial charge is 0.258 e. The third-order valence-electron chi connectivity index (χ3n) is 6.62. The molecule has 2 N–H and O–H groups in total. The number of amides is 2. The number of anilines is 1. The third kappa shape index (κ3) is 4.87. The Bertz CT molecular complexity index is 1260. The molecule has 8 nitrogen and oxygen atoms in total. The summed E-state index contributed by atoms with van der Waals surface area (Å²) in [6.07, 6.45) is 3.17. The zero-order valence-corrected chi connectivity index (χ0v) is 19.0. The van der Waals surface area contributed by atoms with Crippen LogP contribution >= 0.6 is 0 Å². The fourth-order valence-corrected chi connectivity index (χ4v) is 4.78. The first-order valence-corrected chi connectivity index (χ1v) is 11.8. The number of aromatic amines is 1. The molecule has 2 aromatic carbocycles. The molecular weight excluding hydrogens is 432 g/mol. The second-order valence-corrected chi connectivity index (χ2v) is 9.03. The molecule has 0 saturated carbocycles. The number of hydrogen-bond acceptors (Lipinski definition) is 5. The van der Waals surface area contributed by atoms with E-state index in [-0.39, 0.29) is 42.4 Å². The molecule has 3 heterocycles. The Morgan fingerprint density at radius 3 is 2.79 bits per heavy atom. The maximum absolute atomic E-state index is 13.3. The van der Waals surface area contributed by atoms with Crippen molar-refractivity contribution in [1.29, 1.82) is 0 Å². The van der Waals surface area contributed by atoms with E-state index in [9.17, 15) is 14.4 Å². The van der Waals surface area contributed by atoms with Gasteiger partial charge < -0.3 is 19.9 Å². The molecule has 3 aromatic rings. The van der Waals surface area contributed by atoms with Crippen LogP contribution in [0.2, 0.25) is 0 Å². The lowest BCUT2D eigenvalue weighted by atomic mass is 9.89. The number of nitrogens with one attached hydrogen (secondary N) is 2. The van der Waals surface area contributed by atoms with Crippen molar-refractivity contribution in [2.75, 3.05) is 18.5 Å². The molecule has 34 heavy (non-hydrogen) atoms. The van der Waals surface area contributed by atoms with Crippen molar-refractivity contribution in [2.45, 2.75) is 44.8 Å². The molecule has 1 fully saturated rings. The number of para-hydroxylation sites is 2. The molecule has 0 spiro atoms. The first-order chi connectivity index (χ1) is 16.6. The zero-order valence-electron chi connectivity index (χ0n) is 19.0. The first kappa shape index (κ1) is 22.3. The highest BCUT2D eigenvalue weighted by atomic mass is 16.5. The van der Waals surface area contributed by atoms with Crippen LogP contribution in [0, 0.1) is 5.92 Å². The van der Waals surface area contributed by atoms with E-state index in [1.165, 1.54) is 0 Å². The molecule has 1 saturated heterocycles. The van der Waals surface area contributed by atoms with Crippen LogP contribution in [0.5, 0.6) is 0 Å². The summed E-state index contributed by atoms with van der Waals surface area (Å²) in [6.45, 7) is 1.33. The second-order valence-electron chi connectivity index (χ2n) is 9.03. The van der Waals surface area contributed by atoms with Crippen LogP contribution in [0.3, 0.4) is 0 Å². The van der Waals surface area contributed by atoms with Gasteiger partial charge in [-0.2, -0.15) is 0 Å². The van der Waals surface area contributed by atoms with E-state index in [2.05, 4.69) is 15.3 Å². The lowest BCUT2D eigenvalue weighted by Crippen LogP contribution is -2.38. The van der Waals surface area contributed by atoms with Crippen molar-refractivity contribution in [1.82, 2.24) is 14.9 Å². The van der Waals surface area contributed by atoms with Crippen molar-refractivity contribution in [3.8, 4) is 0 Å². The lowest BCUT2D eigenvalue weighted by Gasteiger charge is -2.27. The summed E-state index contributed by atoms with van der Waals surface area (Å²) in [4.78, 5) is 47.4. The van der Waals surface area contributed by atoms with Gasteiger partial charge in [0.25, 0.3) is 5.56 Å². The fourth-order valence-electron chi connectivity index (χ4n) is 4.78. The summed E-state index contributed by atoms with van der Waals surface area (Å²) >= 11 is 0. The predicted molar refractivity (Wildman–Crippen MR) is 128 cm³/mol. The van der Waals surface area contributed by atoms with E-state index in [4.69, 9.17) is 4.74 Å². The van der Waals surface area contributed by atoms with Crippen molar-refractivity contribution in [3.05, 3.63) is 70.3 Å². The molecule has 2 aliphatic heterocycles. The molecule has 1 aromatic heterocycles. The highest BCUT2D eigenvalue weighted by Crippen LogP contribution is 2.28. The largest absolute Gasteiger partial charge is 0.376 e. The highest BCUT2D eigenvalue weighted by molar-refractivity contribution is 5.96. The van der Waals surface area contributed by atoms with E-state index in [1.807, 2.05) is 30.3 Å². The number of ether oxygens (including phenoxy) is 1. The van der Waals surface area contributed by atoms with Gasteiger partial charge in [0.05, 0.1) is 23.6 Å². The summed E-state index contributed by atoms with van der Waals surface area (Å²) in [5.41, 5.74) is 2.32. The van der Waals surface area contributed by atoms with Crippen LogP contribution < -0.4 is 10.9 Å². The van der Waals surface area contributed by atoms with Crippen molar-refractivity contribution >= 4 is 28.4 Å². The number of fused-ring (bicyclic) bond motifs is 2. The molecule has 8 heteroatoms. The number of carbonyl (C=O) groups excluding carboxylic acids is 2. The molecule has 2 amide bonds. The summed E-state index contributed by atoms with van der Waals surface area (Å²) in [5.74, 6) is 0.0806. The van der Waals surface area contributed by atoms with Gasteiger partial charge in [0.2, 0.25) is 11.8 Å². The topological polar surface area (TPSA) is 104 Å². The minimum atomic E-state index is -0.248. The number of aromatic nitrogens is 2. The molecule has 0 unspecified atom stereocenters. The van der Waals surface area contributed by atoms with Crippen LogP contribution in [-0.2, 0) is 27.3 Å². The molecule has 2 atom stereocenters. The van der Waals surface area contributed by atoms with Crippen molar-refractivity contribution < 1.29 is 14.3 Å². The first-order valence-electron chi connectivity index (χ1n) is 11.8. The molecule has 0 radical (unpaired) electrons. The second kappa shape index (κ2) is 9.77. The molecule has 0 bridgehead atoms. The van der Waals surface area contributed by atoms with E-state index in [1.54, 1.807) is 23.1 Å². The Hall–Kier alpha value is -3.52. The van der Waals surface area contributed by atoms with Crippen LogP contribution in [0.4, 0.5) is 5.69 Å². The van der Waals surface area contributed by atoms with Gasteiger partial charge in [-0.25, -0.2) is 4.98 Å². The van der Waals surface area contributed by atoms with E-state index in [0.717, 1.165) is 24.1 Å². The Kier molecular flexibility index (Phi) is 6.40. The zero-order chi connectivity index (χ0) is 23.5. The van der Waals surface area contributed by atoms with Crippen LogP contribution in [-0.4, -0.2) is 45.9 Å². The van der Waals surface area contributed by atoms with Gasteiger partial charge in [0.1, 0.15) is 5.82 Å². The number of benzene rings is 2. The highest BCUT2D eigenvalue weighted by Gasteiger charge is 2.28. The SMILES string of the molecule is O=C1Nc2ccccc2C[C@H]1CCC(=O)N(Cc1nc2ccccc2c(=O)[nH]1)C[C@@H]1CCCO1. The Labute approximate surface area is 197 Å².